The van der Waals surface area contributed by atoms with Crippen molar-refractivity contribution in [3.8, 4) is 0 Å². The van der Waals surface area contributed by atoms with E-state index < -0.39 is 0 Å². The van der Waals surface area contributed by atoms with Gasteiger partial charge in [0, 0.05) is 12.3 Å². The third-order valence-corrected chi connectivity index (χ3v) is 3.42. The van der Waals surface area contributed by atoms with Crippen LogP contribution < -0.4 is 11.1 Å². The number of hydrogen-bond acceptors (Lipinski definition) is 3. The Morgan fingerprint density at radius 3 is 2.37 bits per heavy atom. The SMILES string of the molecule is Cc1ccc(Nc2ccc(CCO)cc2)c(N)c1C. The van der Waals surface area contributed by atoms with Crippen LogP contribution in [-0.4, -0.2) is 11.7 Å². The van der Waals surface area contributed by atoms with Crippen molar-refractivity contribution in [1.29, 1.82) is 0 Å². The highest BCUT2D eigenvalue weighted by molar-refractivity contribution is 5.76. The van der Waals surface area contributed by atoms with E-state index in [4.69, 9.17) is 10.8 Å². The molecule has 0 amide bonds. The van der Waals surface area contributed by atoms with Crippen molar-refractivity contribution in [1.82, 2.24) is 0 Å². The molecule has 19 heavy (non-hydrogen) atoms. The van der Waals surface area contributed by atoms with Gasteiger partial charge in [0.25, 0.3) is 0 Å². The molecule has 100 valence electrons. The summed E-state index contributed by atoms with van der Waals surface area (Å²) in [6.07, 6.45) is 0.687. The van der Waals surface area contributed by atoms with Gasteiger partial charge in [0.05, 0.1) is 11.4 Å². The van der Waals surface area contributed by atoms with Gasteiger partial charge in [-0.25, -0.2) is 0 Å². The molecule has 0 spiro atoms. The van der Waals surface area contributed by atoms with Gasteiger partial charge in [-0.15, -0.1) is 0 Å². The first-order valence-electron chi connectivity index (χ1n) is 6.44. The van der Waals surface area contributed by atoms with Crippen LogP contribution in [0.25, 0.3) is 0 Å². The molecule has 2 aromatic rings. The molecular formula is C16H20N2O. The molecule has 0 saturated heterocycles. The Bertz CT molecular complexity index is 562. The molecule has 0 aliphatic heterocycles. The number of rotatable bonds is 4. The van der Waals surface area contributed by atoms with Gasteiger partial charge in [0.2, 0.25) is 0 Å². The van der Waals surface area contributed by atoms with Gasteiger partial charge in [0.1, 0.15) is 0 Å². The maximum Gasteiger partial charge on any atom is 0.0620 e. The van der Waals surface area contributed by atoms with Crippen LogP contribution in [0, 0.1) is 13.8 Å². The van der Waals surface area contributed by atoms with E-state index in [9.17, 15) is 0 Å². The molecule has 0 aromatic heterocycles. The lowest BCUT2D eigenvalue weighted by atomic mass is 10.1. The Labute approximate surface area is 114 Å². The average Bonchev–Trinajstić information content (AvgIpc) is 2.42. The first-order valence-corrected chi connectivity index (χ1v) is 6.44. The van der Waals surface area contributed by atoms with Gasteiger partial charge in [-0.2, -0.15) is 0 Å². The number of nitrogen functional groups attached to an aromatic ring is 1. The largest absolute Gasteiger partial charge is 0.397 e. The Hall–Kier alpha value is -2.00. The summed E-state index contributed by atoms with van der Waals surface area (Å²) in [6.45, 7) is 4.26. The first-order chi connectivity index (χ1) is 9.11. The third kappa shape index (κ3) is 3.06. The summed E-state index contributed by atoms with van der Waals surface area (Å²) >= 11 is 0. The monoisotopic (exact) mass is 256 g/mol. The highest BCUT2D eigenvalue weighted by atomic mass is 16.2. The molecule has 0 atom stereocenters. The summed E-state index contributed by atoms with van der Waals surface area (Å²) in [5, 5.41) is 12.2. The van der Waals surface area contributed by atoms with Crippen LogP contribution in [0.4, 0.5) is 17.1 Å². The fourth-order valence-electron chi connectivity index (χ4n) is 1.99. The predicted molar refractivity (Wildman–Crippen MR) is 80.8 cm³/mol. The number of aliphatic hydroxyl groups excluding tert-OH is 1. The molecule has 0 heterocycles. The molecule has 2 aromatic carbocycles. The Morgan fingerprint density at radius 1 is 1.05 bits per heavy atom. The molecule has 0 radical (unpaired) electrons. The van der Waals surface area contributed by atoms with Crippen LogP contribution in [0.1, 0.15) is 16.7 Å². The summed E-state index contributed by atoms with van der Waals surface area (Å²) in [5.74, 6) is 0. The minimum Gasteiger partial charge on any atom is -0.397 e. The van der Waals surface area contributed by atoms with Gasteiger partial charge in [0.15, 0.2) is 0 Å². The number of hydrogen-bond donors (Lipinski definition) is 3. The minimum absolute atomic E-state index is 0.177. The van der Waals surface area contributed by atoms with Crippen molar-refractivity contribution in [2.24, 2.45) is 0 Å². The van der Waals surface area contributed by atoms with Gasteiger partial charge < -0.3 is 16.2 Å². The van der Waals surface area contributed by atoms with Crippen molar-refractivity contribution in [2.75, 3.05) is 17.7 Å². The summed E-state index contributed by atoms with van der Waals surface area (Å²) in [4.78, 5) is 0. The number of nitrogens with two attached hydrogens (primary N) is 1. The molecule has 0 aliphatic rings. The molecule has 0 aliphatic carbocycles. The summed E-state index contributed by atoms with van der Waals surface area (Å²) in [7, 11) is 0. The Morgan fingerprint density at radius 2 is 1.74 bits per heavy atom. The number of anilines is 3. The second kappa shape index (κ2) is 5.76. The van der Waals surface area contributed by atoms with Crippen molar-refractivity contribution in [3.63, 3.8) is 0 Å². The van der Waals surface area contributed by atoms with Crippen LogP contribution in [0.2, 0.25) is 0 Å². The fourth-order valence-corrected chi connectivity index (χ4v) is 1.99. The van der Waals surface area contributed by atoms with Gasteiger partial charge >= 0.3 is 0 Å². The van der Waals surface area contributed by atoms with Crippen molar-refractivity contribution in [2.45, 2.75) is 20.3 Å². The van der Waals surface area contributed by atoms with Gasteiger partial charge in [-0.1, -0.05) is 18.2 Å². The average molecular weight is 256 g/mol. The third-order valence-electron chi connectivity index (χ3n) is 3.42. The second-order valence-electron chi connectivity index (χ2n) is 4.76. The van der Waals surface area contributed by atoms with E-state index in [-0.39, 0.29) is 6.61 Å². The van der Waals surface area contributed by atoms with E-state index in [2.05, 4.69) is 18.3 Å². The minimum atomic E-state index is 0.177. The molecule has 0 unspecified atom stereocenters. The predicted octanol–water partition coefficient (Wildman–Crippen LogP) is 3.16. The van der Waals surface area contributed by atoms with E-state index in [0.717, 1.165) is 28.2 Å². The number of aryl methyl sites for hydroxylation is 1. The highest BCUT2D eigenvalue weighted by Crippen LogP contribution is 2.28. The molecule has 4 N–H and O–H groups in total. The van der Waals surface area contributed by atoms with Gasteiger partial charge in [-0.05, 0) is 55.2 Å². The maximum absolute atomic E-state index is 8.88. The lowest BCUT2D eigenvalue weighted by Crippen LogP contribution is -2.00. The lowest BCUT2D eigenvalue weighted by molar-refractivity contribution is 0.299. The zero-order chi connectivity index (χ0) is 13.8. The van der Waals surface area contributed by atoms with E-state index in [1.807, 2.05) is 37.3 Å². The number of aliphatic hydroxyl groups is 1. The number of benzene rings is 2. The lowest BCUT2D eigenvalue weighted by Gasteiger charge is -2.13. The first kappa shape index (κ1) is 13.4. The van der Waals surface area contributed by atoms with Crippen LogP contribution in [0.15, 0.2) is 36.4 Å². The fraction of sp³-hybridized carbons (Fsp3) is 0.250. The van der Waals surface area contributed by atoms with Crippen LogP contribution in [0.3, 0.4) is 0 Å². The van der Waals surface area contributed by atoms with E-state index >= 15 is 0 Å². The highest BCUT2D eigenvalue weighted by Gasteiger charge is 2.04. The van der Waals surface area contributed by atoms with E-state index in [1.54, 1.807) is 0 Å². The zero-order valence-electron chi connectivity index (χ0n) is 11.4. The maximum atomic E-state index is 8.88. The smallest absolute Gasteiger partial charge is 0.0620 e. The normalized spacial score (nSPS) is 10.5. The molecule has 2 rings (SSSR count). The van der Waals surface area contributed by atoms with E-state index in [1.165, 1.54) is 5.56 Å². The number of nitrogens with one attached hydrogen (secondary N) is 1. The summed E-state index contributed by atoms with van der Waals surface area (Å²) in [6, 6.07) is 12.1. The molecular weight excluding hydrogens is 236 g/mol. The standard InChI is InChI=1S/C16H20N2O/c1-11-3-8-15(16(17)12(11)2)18-14-6-4-13(5-7-14)9-10-19/h3-8,18-19H,9-10,17H2,1-2H3. The molecule has 3 heteroatoms. The quantitative estimate of drug-likeness (QED) is 0.736. The summed E-state index contributed by atoms with van der Waals surface area (Å²) in [5.41, 5.74) is 12.3. The molecule has 0 bridgehead atoms. The molecule has 3 nitrogen and oxygen atoms in total. The van der Waals surface area contributed by atoms with Gasteiger partial charge in [-0.3, -0.25) is 0 Å². The second-order valence-corrected chi connectivity index (χ2v) is 4.76. The van der Waals surface area contributed by atoms with Crippen molar-refractivity contribution < 1.29 is 5.11 Å². The molecule has 0 saturated carbocycles. The van der Waals surface area contributed by atoms with E-state index in [0.29, 0.717) is 6.42 Å². The Balaban J connectivity index is 2.19. The molecule has 0 fully saturated rings. The Kier molecular flexibility index (Phi) is 4.07. The van der Waals surface area contributed by atoms with Crippen LogP contribution >= 0.6 is 0 Å². The van der Waals surface area contributed by atoms with Crippen molar-refractivity contribution >= 4 is 17.1 Å². The van der Waals surface area contributed by atoms with Crippen molar-refractivity contribution in [3.05, 3.63) is 53.1 Å². The zero-order valence-corrected chi connectivity index (χ0v) is 11.4. The topological polar surface area (TPSA) is 58.3 Å². The summed E-state index contributed by atoms with van der Waals surface area (Å²) < 4.78 is 0. The van der Waals surface area contributed by atoms with Crippen LogP contribution in [0.5, 0.6) is 0 Å². The van der Waals surface area contributed by atoms with Crippen LogP contribution in [-0.2, 0) is 6.42 Å².